The molecule has 0 radical (unpaired) electrons. The molecule has 0 atom stereocenters. The Hall–Kier alpha value is -0.670. The number of allylic oxidation sites excluding steroid dienone is 3. The van der Waals surface area contributed by atoms with Crippen molar-refractivity contribution in [2.45, 2.75) is 0 Å². The normalized spacial score (nSPS) is 8.12. The van der Waals surface area contributed by atoms with E-state index < -0.39 is 0 Å². The molecule has 0 N–H and O–H groups in total. The molecule has 0 saturated carbocycles. The highest BCUT2D eigenvalue weighted by atomic mass is 35.5. The van der Waals surface area contributed by atoms with Crippen LogP contribution in [0.3, 0.4) is 0 Å². The van der Waals surface area contributed by atoms with E-state index >= 15 is 0 Å². The molecule has 0 amide bonds. The number of halogens is 1. The lowest BCUT2D eigenvalue weighted by Crippen LogP contribution is -1.55. The smallest absolute Gasteiger partial charge is 0.0413 e. The molecule has 0 aliphatic carbocycles. The van der Waals surface area contributed by atoms with Crippen molar-refractivity contribution in [2.75, 3.05) is 5.88 Å². The van der Waals surface area contributed by atoms with E-state index in [-0.39, 0.29) is 0 Å². The van der Waals surface area contributed by atoms with E-state index in [9.17, 15) is 0 Å². The summed E-state index contributed by atoms with van der Waals surface area (Å²) in [5.74, 6) is 5.87. The second-order valence-electron chi connectivity index (χ2n) is 1.05. The highest BCUT2D eigenvalue weighted by Crippen LogP contribution is 1.74. The summed E-state index contributed by atoms with van der Waals surface area (Å²) in [6, 6.07) is 0. The van der Waals surface area contributed by atoms with Gasteiger partial charge in [-0.2, -0.15) is 0 Å². The van der Waals surface area contributed by atoms with Crippen molar-refractivity contribution in [1.29, 1.82) is 0 Å². The van der Waals surface area contributed by atoms with Gasteiger partial charge in [0.1, 0.15) is 0 Å². The summed E-state index contributed by atoms with van der Waals surface area (Å²) in [7, 11) is 0. The van der Waals surface area contributed by atoms with Gasteiger partial charge in [0.05, 0.1) is 0 Å². The van der Waals surface area contributed by atoms with Gasteiger partial charge in [-0.3, -0.25) is 0 Å². The largest absolute Gasteiger partial charge is 0.122 e. The molecule has 0 heterocycles. The maximum absolute atomic E-state index is 5.30. The summed E-state index contributed by atoms with van der Waals surface area (Å²) in [5.41, 5.74) is 0. The number of hydrogen-bond acceptors (Lipinski definition) is 0. The third-order valence-electron chi connectivity index (χ3n) is 0.476. The molecular formula is C7H7Cl. The minimum atomic E-state index is 0.520. The Kier molecular flexibility index (Phi) is 5.80. The van der Waals surface area contributed by atoms with Crippen LogP contribution in [0.5, 0.6) is 0 Å². The van der Waals surface area contributed by atoms with Gasteiger partial charge in [0, 0.05) is 5.88 Å². The summed E-state index contributed by atoms with van der Waals surface area (Å²) in [6.45, 7) is 3.42. The minimum Gasteiger partial charge on any atom is -0.122 e. The second kappa shape index (κ2) is 6.33. The van der Waals surface area contributed by atoms with Gasteiger partial charge in [0.2, 0.25) is 0 Å². The molecule has 0 spiro atoms. The Morgan fingerprint density at radius 1 is 1.50 bits per heavy atom. The van der Waals surface area contributed by atoms with Gasteiger partial charge in [-0.05, 0) is 12.2 Å². The molecular weight excluding hydrogens is 120 g/mol. The van der Waals surface area contributed by atoms with Crippen LogP contribution in [0, 0.1) is 11.8 Å². The summed E-state index contributed by atoms with van der Waals surface area (Å²) in [5, 5.41) is 0. The molecule has 0 aromatic heterocycles. The van der Waals surface area contributed by atoms with Gasteiger partial charge in [-0.1, -0.05) is 24.5 Å². The van der Waals surface area contributed by atoms with Crippen molar-refractivity contribution >= 4 is 11.6 Å². The SMILES string of the molecule is C=CC#C/C=C/CCl. The predicted octanol–water partition coefficient (Wildman–Crippen LogP) is 1.97. The quantitative estimate of drug-likeness (QED) is 0.372. The van der Waals surface area contributed by atoms with Crippen LogP contribution in [0.25, 0.3) is 0 Å². The summed E-state index contributed by atoms with van der Waals surface area (Å²) < 4.78 is 0. The first kappa shape index (κ1) is 7.33. The van der Waals surface area contributed by atoms with E-state index in [1.54, 1.807) is 18.2 Å². The van der Waals surface area contributed by atoms with E-state index in [1.165, 1.54) is 0 Å². The lowest BCUT2D eigenvalue weighted by atomic mass is 10.5. The van der Waals surface area contributed by atoms with Gasteiger partial charge in [-0.15, -0.1) is 11.6 Å². The van der Waals surface area contributed by atoms with Crippen LogP contribution in [0.2, 0.25) is 0 Å². The first-order valence-electron chi connectivity index (χ1n) is 2.24. The van der Waals surface area contributed by atoms with Crippen LogP contribution in [0.1, 0.15) is 0 Å². The zero-order chi connectivity index (χ0) is 6.24. The molecule has 8 heavy (non-hydrogen) atoms. The zero-order valence-electron chi connectivity index (χ0n) is 4.52. The van der Waals surface area contributed by atoms with Gasteiger partial charge in [0.25, 0.3) is 0 Å². The number of alkyl halides is 1. The van der Waals surface area contributed by atoms with E-state index in [2.05, 4.69) is 18.4 Å². The van der Waals surface area contributed by atoms with E-state index in [0.717, 1.165) is 0 Å². The first-order chi connectivity index (χ1) is 3.91. The van der Waals surface area contributed by atoms with Crippen molar-refractivity contribution in [2.24, 2.45) is 0 Å². The fourth-order valence-electron chi connectivity index (χ4n) is 0.211. The van der Waals surface area contributed by atoms with Crippen LogP contribution < -0.4 is 0 Å². The van der Waals surface area contributed by atoms with Crippen LogP contribution in [0.4, 0.5) is 0 Å². The maximum Gasteiger partial charge on any atom is 0.0413 e. The molecule has 0 aliphatic rings. The number of hydrogen-bond donors (Lipinski definition) is 0. The minimum absolute atomic E-state index is 0.520. The molecule has 0 nitrogen and oxygen atoms in total. The van der Waals surface area contributed by atoms with Gasteiger partial charge in [0.15, 0.2) is 0 Å². The van der Waals surface area contributed by atoms with Crippen LogP contribution in [0.15, 0.2) is 24.8 Å². The molecule has 0 fully saturated rings. The second-order valence-corrected chi connectivity index (χ2v) is 1.36. The molecule has 0 rings (SSSR count). The van der Waals surface area contributed by atoms with E-state index in [4.69, 9.17) is 11.6 Å². The van der Waals surface area contributed by atoms with Gasteiger partial charge < -0.3 is 0 Å². The Balaban J connectivity index is 3.40. The molecule has 0 aromatic carbocycles. The molecule has 1 heteroatoms. The van der Waals surface area contributed by atoms with Crippen molar-refractivity contribution in [3.8, 4) is 11.8 Å². The van der Waals surface area contributed by atoms with E-state index in [0.29, 0.717) is 5.88 Å². The summed E-state index contributed by atoms with van der Waals surface area (Å²) in [4.78, 5) is 0. The molecule has 0 bridgehead atoms. The Bertz CT molecular complexity index is 134. The molecule has 0 aliphatic heterocycles. The number of rotatable bonds is 1. The highest BCUT2D eigenvalue weighted by Gasteiger charge is 1.59. The third-order valence-corrected chi connectivity index (χ3v) is 0.654. The highest BCUT2D eigenvalue weighted by molar-refractivity contribution is 6.18. The maximum atomic E-state index is 5.30. The predicted molar refractivity (Wildman–Crippen MR) is 37.8 cm³/mol. The van der Waals surface area contributed by atoms with Gasteiger partial charge in [-0.25, -0.2) is 0 Å². The lowest BCUT2D eigenvalue weighted by molar-refractivity contribution is 1.76. The first-order valence-corrected chi connectivity index (χ1v) is 2.78. The van der Waals surface area contributed by atoms with Crippen LogP contribution in [-0.4, -0.2) is 5.88 Å². The summed E-state index contributed by atoms with van der Waals surface area (Å²) >= 11 is 5.30. The van der Waals surface area contributed by atoms with Crippen molar-refractivity contribution in [3.63, 3.8) is 0 Å². The average molecular weight is 127 g/mol. The van der Waals surface area contributed by atoms with Gasteiger partial charge >= 0.3 is 0 Å². The Morgan fingerprint density at radius 2 is 2.25 bits per heavy atom. The summed E-state index contributed by atoms with van der Waals surface area (Å²) in [6.07, 6.45) is 5.02. The Labute approximate surface area is 54.9 Å². The molecule has 0 saturated heterocycles. The molecule has 0 unspecified atom stereocenters. The fourth-order valence-corrected chi connectivity index (χ4v) is 0.300. The van der Waals surface area contributed by atoms with Crippen LogP contribution >= 0.6 is 11.6 Å². The van der Waals surface area contributed by atoms with Crippen LogP contribution in [-0.2, 0) is 0 Å². The molecule has 0 aromatic rings. The van der Waals surface area contributed by atoms with Crippen molar-refractivity contribution in [3.05, 3.63) is 24.8 Å². The monoisotopic (exact) mass is 126 g/mol. The lowest BCUT2D eigenvalue weighted by Gasteiger charge is -1.65. The molecule has 42 valence electrons. The Morgan fingerprint density at radius 3 is 2.75 bits per heavy atom. The average Bonchev–Trinajstić information content (AvgIpc) is 1.81. The topological polar surface area (TPSA) is 0 Å². The standard InChI is InChI=1S/C7H7Cl/c1-2-3-4-5-6-7-8/h2,5-6H,1,7H2/b6-5+. The van der Waals surface area contributed by atoms with E-state index in [1.807, 2.05) is 0 Å². The third kappa shape index (κ3) is 5.33. The fraction of sp³-hybridized carbons (Fsp3) is 0.143. The van der Waals surface area contributed by atoms with Crippen molar-refractivity contribution < 1.29 is 0 Å². The zero-order valence-corrected chi connectivity index (χ0v) is 5.28. The van der Waals surface area contributed by atoms with Crippen molar-refractivity contribution in [1.82, 2.24) is 0 Å².